The van der Waals surface area contributed by atoms with Gasteiger partial charge < -0.3 is 10.6 Å². The number of benzene rings is 3. The minimum Gasteiger partial charge on any atom is -0.324 e. The molecule has 0 bridgehead atoms. The van der Waals surface area contributed by atoms with Crippen LogP contribution in [0.2, 0.25) is 0 Å². The van der Waals surface area contributed by atoms with Crippen molar-refractivity contribution in [3.63, 3.8) is 0 Å². The van der Waals surface area contributed by atoms with Gasteiger partial charge in [0.1, 0.15) is 12.1 Å². The van der Waals surface area contributed by atoms with E-state index in [0.29, 0.717) is 11.3 Å². The Labute approximate surface area is 188 Å². The van der Waals surface area contributed by atoms with E-state index < -0.39 is 23.4 Å². The number of hydrogen-bond donors (Lipinski definition) is 2. The molecule has 156 valence electrons. The summed E-state index contributed by atoms with van der Waals surface area (Å²) in [5.41, 5.74) is 1.82. The first-order valence-electron chi connectivity index (χ1n) is 9.73. The first-order valence-corrected chi connectivity index (χ1v) is 10.5. The lowest BCUT2D eigenvalue weighted by Crippen LogP contribution is -2.42. The lowest BCUT2D eigenvalue weighted by atomic mass is 9.92. The van der Waals surface area contributed by atoms with Gasteiger partial charge >= 0.3 is 6.03 Å². The van der Waals surface area contributed by atoms with Gasteiger partial charge in [-0.1, -0.05) is 76.6 Å². The molecule has 0 radical (unpaired) electrons. The second-order valence-corrected chi connectivity index (χ2v) is 8.33. The number of rotatable bonds is 5. The van der Waals surface area contributed by atoms with Gasteiger partial charge in [-0.15, -0.1) is 0 Å². The number of nitrogens with zero attached hydrogens (tertiary/aromatic N) is 1. The van der Waals surface area contributed by atoms with E-state index in [1.165, 1.54) is 0 Å². The van der Waals surface area contributed by atoms with Crippen LogP contribution in [0.3, 0.4) is 0 Å². The Morgan fingerprint density at radius 3 is 2.45 bits per heavy atom. The fourth-order valence-corrected chi connectivity index (χ4v) is 4.03. The van der Waals surface area contributed by atoms with Gasteiger partial charge in [0, 0.05) is 15.7 Å². The monoisotopic (exact) mass is 477 g/mol. The van der Waals surface area contributed by atoms with Crippen molar-refractivity contribution >= 4 is 39.5 Å². The van der Waals surface area contributed by atoms with Crippen LogP contribution in [-0.2, 0) is 15.1 Å². The Hall–Kier alpha value is -3.45. The van der Waals surface area contributed by atoms with Gasteiger partial charge in [0.2, 0.25) is 5.91 Å². The lowest BCUT2D eigenvalue weighted by Gasteiger charge is -2.22. The summed E-state index contributed by atoms with van der Waals surface area (Å²) in [5, 5.41) is 5.55. The molecule has 3 aromatic rings. The van der Waals surface area contributed by atoms with Crippen molar-refractivity contribution in [2.75, 3.05) is 11.9 Å². The van der Waals surface area contributed by atoms with Crippen LogP contribution >= 0.6 is 15.9 Å². The topological polar surface area (TPSA) is 78.5 Å². The summed E-state index contributed by atoms with van der Waals surface area (Å²) in [6.45, 7) is 1.26. The van der Waals surface area contributed by atoms with Crippen molar-refractivity contribution < 1.29 is 14.4 Å². The molecule has 1 atom stereocenters. The quantitative estimate of drug-likeness (QED) is 0.530. The summed E-state index contributed by atoms with van der Waals surface area (Å²) >= 11 is 3.39. The van der Waals surface area contributed by atoms with E-state index in [9.17, 15) is 14.4 Å². The van der Waals surface area contributed by atoms with Crippen LogP contribution in [0.1, 0.15) is 12.5 Å². The van der Waals surface area contributed by atoms with Gasteiger partial charge in [0.25, 0.3) is 5.91 Å². The van der Waals surface area contributed by atoms with Crippen molar-refractivity contribution in [2.45, 2.75) is 12.5 Å². The molecule has 1 aliphatic rings. The number of anilines is 1. The fraction of sp³-hybridized carbons (Fsp3) is 0.125. The summed E-state index contributed by atoms with van der Waals surface area (Å²) < 4.78 is 0.794. The number of urea groups is 1. The lowest BCUT2D eigenvalue weighted by molar-refractivity contribution is -0.133. The SMILES string of the molecule is CC1(c2cccc(Br)c2)NC(=O)N(CC(=O)Nc2ccccc2-c2ccccc2)C1=O. The van der Waals surface area contributed by atoms with Crippen molar-refractivity contribution in [2.24, 2.45) is 0 Å². The Kier molecular flexibility index (Phi) is 5.61. The number of carbonyl (C=O) groups is 3. The van der Waals surface area contributed by atoms with Crippen molar-refractivity contribution in [1.82, 2.24) is 10.2 Å². The first-order chi connectivity index (χ1) is 14.9. The third-order valence-electron chi connectivity index (χ3n) is 5.26. The molecule has 1 heterocycles. The van der Waals surface area contributed by atoms with Crippen molar-refractivity contribution in [1.29, 1.82) is 0 Å². The maximum atomic E-state index is 13.1. The number of amides is 4. The Morgan fingerprint density at radius 2 is 1.71 bits per heavy atom. The van der Waals surface area contributed by atoms with Gasteiger partial charge in [-0.2, -0.15) is 0 Å². The highest BCUT2D eigenvalue weighted by atomic mass is 79.9. The molecule has 1 unspecified atom stereocenters. The summed E-state index contributed by atoms with van der Waals surface area (Å²) in [5.74, 6) is -0.924. The summed E-state index contributed by atoms with van der Waals surface area (Å²) in [4.78, 5) is 39.3. The normalized spacial score (nSPS) is 18.1. The number of hydrogen-bond acceptors (Lipinski definition) is 3. The highest BCUT2D eigenvalue weighted by Crippen LogP contribution is 2.31. The summed E-state index contributed by atoms with van der Waals surface area (Å²) in [6, 6.07) is 23.6. The highest BCUT2D eigenvalue weighted by molar-refractivity contribution is 9.10. The van der Waals surface area contributed by atoms with Crippen LogP contribution in [0.25, 0.3) is 11.1 Å². The van der Waals surface area contributed by atoms with E-state index in [4.69, 9.17) is 0 Å². The van der Waals surface area contributed by atoms with Crippen LogP contribution < -0.4 is 10.6 Å². The minimum atomic E-state index is -1.23. The van der Waals surface area contributed by atoms with Crippen LogP contribution in [0.5, 0.6) is 0 Å². The van der Waals surface area contributed by atoms with E-state index in [1.807, 2.05) is 54.6 Å². The predicted molar refractivity (Wildman–Crippen MR) is 122 cm³/mol. The largest absolute Gasteiger partial charge is 0.325 e. The molecular formula is C24H20BrN3O3. The average molecular weight is 478 g/mol. The molecule has 0 aromatic heterocycles. The summed E-state index contributed by atoms with van der Waals surface area (Å²) in [7, 11) is 0. The summed E-state index contributed by atoms with van der Waals surface area (Å²) in [6.07, 6.45) is 0. The molecule has 0 aliphatic carbocycles. The van der Waals surface area contributed by atoms with Gasteiger partial charge in [-0.25, -0.2) is 4.79 Å². The third kappa shape index (κ3) is 4.09. The second kappa shape index (κ2) is 8.35. The molecule has 2 N–H and O–H groups in total. The second-order valence-electron chi connectivity index (χ2n) is 7.42. The first kappa shape index (κ1) is 20.8. The molecule has 31 heavy (non-hydrogen) atoms. The molecule has 6 nitrogen and oxygen atoms in total. The standard InChI is InChI=1S/C24H20BrN3O3/c1-24(17-10-7-11-18(25)14-17)22(30)28(23(31)27-24)15-21(29)26-20-13-6-5-12-19(20)16-8-3-2-4-9-16/h2-14H,15H2,1H3,(H,26,29)(H,27,31). The molecule has 1 saturated heterocycles. The van der Waals surface area contributed by atoms with E-state index in [-0.39, 0.29) is 6.54 Å². The number of halogens is 1. The zero-order chi connectivity index (χ0) is 22.0. The molecule has 7 heteroatoms. The zero-order valence-electron chi connectivity index (χ0n) is 16.8. The average Bonchev–Trinajstić information content (AvgIpc) is 2.99. The van der Waals surface area contributed by atoms with Crippen molar-refractivity contribution in [3.05, 3.63) is 88.9 Å². The minimum absolute atomic E-state index is 0.378. The van der Waals surface area contributed by atoms with Gasteiger partial charge in [0.05, 0.1) is 0 Å². The fourth-order valence-electron chi connectivity index (χ4n) is 3.63. The maximum absolute atomic E-state index is 13.1. The molecule has 3 aromatic carbocycles. The van der Waals surface area contributed by atoms with Crippen LogP contribution in [0, 0.1) is 0 Å². The van der Waals surface area contributed by atoms with E-state index in [0.717, 1.165) is 20.5 Å². The molecule has 0 spiro atoms. The Morgan fingerprint density at radius 1 is 1.00 bits per heavy atom. The number of para-hydroxylation sites is 1. The molecule has 0 saturated carbocycles. The smallest absolute Gasteiger partial charge is 0.324 e. The Bertz CT molecular complexity index is 1170. The van der Waals surface area contributed by atoms with Crippen molar-refractivity contribution in [3.8, 4) is 11.1 Å². The van der Waals surface area contributed by atoms with Gasteiger partial charge in [-0.3, -0.25) is 14.5 Å². The highest BCUT2D eigenvalue weighted by Gasteiger charge is 2.49. The molecule has 4 amide bonds. The van der Waals surface area contributed by atoms with E-state index in [2.05, 4.69) is 26.6 Å². The van der Waals surface area contributed by atoms with Crippen LogP contribution in [0.4, 0.5) is 10.5 Å². The third-order valence-corrected chi connectivity index (χ3v) is 5.76. The van der Waals surface area contributed by atoms with Crippen LogP contribution in [-0.4, -0.2) is 29.3 Å². The van der Waals surface area contributed by atoms with E-state index in [1.54, 1.807) is 31.2 Å². The number of nitrogens with one attached hydrogen (secondary N) is 2. The number of imide groups is 1. The Balaban J connectivity index is 1.53. The molecule has 1 fully saturated rings. The number of carbonyl (C=O) groups excluding carboxylic acids is 3. The van der Waals surface area contributed by atoms with E-state index >= 15 is 0 Å². The predicted octanol–water partition coefficient (Wildman–Crippen LogP) is 4.52. The molecule has 4 rings (SSSR count). The van der Waals surface area contributed by atoms with Gasteiger partial charge in [0.15, 0.2) is 0 Å². The molecule has 1 aliphatic heterocycles. The van der Waals surface area contributed by atoms with Gasteiger partial charge in [-0.05, 0) is 36.2 Å². The maximum Gasteiger partial charge on any atom is 0.325 e. The zero-order valence-corrected chi connectivity index (χ0v) is 18.3. The van der Waals surface area contributed by atoms with Crippen LogP contribution in [0.15, 0.2) is 83.3 Å². The molecular weight excluding hydrogens is 458 g/mol.